The van der Waals surface area contributed by atoms with E-state index in [9.17, 15) is 9.59 Å². The topological polar surface area (TPSA) is 40.6 Å². The molecule has 1 aliphatic heterocycles. The molecule has 0 saturated heterocycles. The third-order valence-electron chi connectivity index (χ3n) is 5.68. The summed E-state index contributed by atoms with van der Waals surface area (Å²) in [6.07, 6.45) is 3.53. The summed E-state index contributed by atoms with van der Waals surface area (Å²) in [6.45, 7) is 1.46. The molecular formula is C21H24N2O2S. The van der Waals surface area contributed by atoms with Gasteiger partial charge in [-0.25, -0.2) is 0 Å². The maximum absolute atomic E-state index is 12.6. The molecule has 5 heteroatoms. The Kier molecular flexibility index (Phi) is 4.81. The first kappa shape index (κ1) is 17.3. The van der Waals surface area contributed by atoms with Crippen LogP contribution in [0.25, 0.3) is 0 Å². The molecule has 0 bridgehead atoms. The van der Waals surface area contributed by atoms with Crippen molar-refractivity contribution in [1.82, 2.24) is 9.80 Å². The van der Waals surface area contributed by atoms with E-state index in [2.05, 4.69) is 29.6 Å². The minimum atomic E-state index is 0.0632. The van der Waals surface area contributed by atoms with Gasteiger partial charge in [0.15, 0.2) is 0 Å². The summed E-state index contributed by atoms with van der Waals surface area (Å²) >= 11 is 1.77. The molecule has 0 spiro atoms. The Morgan fingerprint density at radius 1 is 1.15 bits per heavy atom. The number of amides is 2. The number of thiophene rings is 1. The van der Waals surface area contributed by atoms with Gasteiger partial charge < -0.3 is 9.80 Å². The lowest BCUT2D eigenvalue weighted by Gasteiger charge is -2.28. The summed E-state index contributed by atoms with van der Waals surface area (Å²) in [7, 11) is 1.87. The number of carbonyl (C=O) groups is 2. The van der Waals surface area contributed by atoms with Gasteiger partial charge in [-0.05, 0) is 47.4 Å². The van der Waals surface area contributed by atoms with Gasteiger partial charge in [-0.2, -0.15) is 0 Å². The predicted molar refractivity (Wildman–Crippen MR) is 103 cm³/mol. The van der Waals surface area contributed by atoms with Crippen LogP contribution in [0.1, 0.15) is 46.9 Å². The van der Waals surface area contributed by atoms with Gasteiger partial charge in [0, 0.05) is 37.9 Å². The number of fused-ring (bicyclic) bond motifs is 2. The zero-order valence-electron chi connectivity index (χ0n) is 15.1. The van der Waals surface area contributed by atoms with Crippen LogP contribution >= 0.6 is 11.3 Å². The molecule has 1 aromatic carbocycles. The normalized spacial score (nSPS) is 18.3. The molecule has 26 heavy (non-hydrogen) atoms. The van der Waals surface area contributed by atoms with Crippen molar-refractivity contribution in [1.29, 1.82) is 0 Å². The average Bonchev–Trinajstić information content (AvgIpc) is 3.31. The van der Waals surface area contributed by atoms with Crippen LogP contribution in [0.2, 0.25) is 0 Å². The highest BCUT2D eigenvalue weighted by Gasteiger charge is 2.29. The van der Waals surface area contributed by atoms with Crippen LogP contribution in [-0.2, 0) is 29.0 Å². The van der Waals surface area contributed by atoms with Gasteiger partial charge in [-0.3, -0.25) is 9.59 Å². The van der Waals surface area contributed by atoms with E-state index in [1.807, 2.05) is 22.9 Å². The second-order valence-electron chi connectivity index (χ2n) is 7.19. The number of hydrogen-bond donors (Lipinski definition) is 0. The Morgan fingerprint density at radius 2 is 2.00 bits per heavy atom. The Hall–Kier alpha value is -2.14. The predicted octanol–water partition coefficient (Wildman–Crippen LogP) is 3.56. The highest BCUT2D eigenvalue weighted by Crippen LogP contribution is 2.35. The molecule has 4 nitrogen and oxygen atoms in total. The number of hydrogen-bond acceptors (Lipinski definition) is 3. The van der Waals surface area contributed by atoms with Crippen molar-refractivity contribution in [2.75, 3.05) is 13.6 Å². The highest BCUT2D eigenvalue weighted by atomic mass is 32.1. The fourth-order valence-corrected chi connectivity index (χ4v) is 5.01. The first-order valence-electron chi connectivity index (χ1n) is 9.30. The fourth-order valence-electron chi connectivity index (χ4n) is 4.12. The van der Waals surface area contributed by atoms with Crippen molar-refractivity contribution in [3.63, 3.8) is 0 Å². The van der Waals surface area contributed by atoms with Crippen molar-refractivity contribution >= 4 is 23.2 Å². The van der Waals surface area contributed by atoms with Gasteiger partial charge in [0.2, 0.25) is 11.8 Å². The molecule has 136 valence electrons. The van der Waals surface area contributed by atoms with Gasteiger partial charge in [-0.1, -0.05) is 24.3 Å². The number of rotatable bonds is 4. The largest absolute Gasteiger partial charge is 0.339 e. The van der Waals surface area contributed by atoms with Crippen molar-refractivity contribution in [3.05, 3.63) is 57.3 Å². The molecule has 2 heterocycles. The van der Waals surface area contributed by atoms with Gasteiger partial charge in [-0.15, -0.1) is 11.3 Å². The van der Waals surface area contributed by atoms with Crippen LogP contribution in [0.4, 0.5) is 0 Å². The van der Waals surface area contributed by atoms with Crippen LogP contribution in [0.3, 0.4) is 0 Å². The van der Waals surface area contributed by atoms with E-state index in [1.54, 1.807) is 11.3 Å². The third-order valence-corrected chi connectivity index (χ3v) is 6.70. The summed E-state index contributed by atoms with van der Waals surface area (Å²) in [4.78, 5) is 30.3. The zero-order valence-corrected chi connectivity index (χ0v) is 15.9. The van der Waals surface area contributed by atoms with E-state index in [1.165, 1.54) is 21.6 Å². The van der Waals surface area contributed by atoms with E-state index in [-0.39, 0.29) is 17.9 Å². The molecule has 0 unspecified atom stereocenters. The molecule has 2 aliphatic rings. The first-order chi connectivity index (χ1) is 12.6. The Labute approximate surface area is 158 Å². The van der Waals surface area contributed by atoms with E-state index in [0.29, 0.717) is 19.4 Å². The number of nitrogens with zero attached hydrogens (tertiary/aromatic N) is 2. The first-order valence-corrected chi connectivity index (χ1v) is 10.2. The molecule has 4 rings (SSSR count). The van der Waals surface area contributed by atoms with Crippen LogP contribution < -0.4 is 0 Å². The quantitative estimate of drug-likeness (QED) is 0.828. The Balaban J connectivity index is 1.32. The molecule has 1 aromatic heterocycles. The minimum Gasteiger partial charge on any atom is -0.339 e. The zero-order chi connectivity index (χ0) is 18.1. The van der Waals surface area contributed by atoms with E-state index < -0.39 is 0 Å². The van der Waals surface area contributed by atoms with Crippen molar-refractivity contribution < 1.29 is 9.59 Å². The Bertz CT molecular complexity index is 829. The number of aryl methyl sites for hydroxylation is 1. The second kappa shape index (κ2) is 7.23. The molecule has 0 saturated carbocycles. The second-order valence-corrected chi connectivity index (χ2v) is 8.19. The lowest BCUT2D eigenvalue weighted by atomic mass is 10.1. The van der Waals surface area contributed by atoms with Crippen LogP contribution in [0, 0.1) is 0 Å². The maximum atomic E-state index is 12.6. The molecule has 0 fully saturated rings. The standard InChI is InChI=1S/C21H24N2O2S/c1-22(18-7-6-15-4-2-3-5-17(15)18)20(24)8-9-21(25)23-12-10-19-16(14-23)11-13-26-19/h2-5,11,13,18H,6-10,12,14H2,1H3/t18-/m0/s1. The van der Waals surface area contributed by atoms with Crippen molar-refractivity contribution in [2.45, 2.75) is 44.7 Å². The SMILES string of the molecule is CN(C(=O)CCC(=O)N1CCc2sccc2C1)[C@H]1CCc2ccccc21. The molecule has 0 radical (unpaired) electrons. The van der Waals surface area contributed by atoms with E-state index in [4.69, 9.17) is 0 Å². The molecular weight excluding hydrogens is 344 g/mol. The van der Waals surface area contributed by atoms with E-state index >= 15 is 0 Å². The molecule has 2 aromatic rings. The van der Waals surface area contributed by atoms with Gasteiger partial charge in [0.05, 0.1) is 6.04 Å². The van der Waals surface area contributed by atoms with Crippen LogP contribution in [-0.4, -0.2) is 35.2 Å². The lowest BCUT2D eigenvalue weighted by Crippen LogP contribution is -2.36. The summed E-state index contributed by atoms with van der Waals surface area (Å²) in [5.74, 6) is 0.156. The lowest BCUT2D eigenvalue weighted by molar-refractivity contribution is -0.138. The van der Waals surface area contributed by atoms with Gasteiger partial charge in [0.1, 0.15) is 0 Å². The minimum absolute atomic E-state index is 0.0632. The summed E-state index contributed by atoms with van der Waals surface area (Å²) in [5, 5.41) is 2.09. The third kappa shape index (κ3) is 3.28. The molecule has 1 atom stereocenters. The smallest absolute Gasteiger partial charge is 0.223 e. The Morgan fingerprint density at radius 3 is 2.88 bits per heavy atom. The van der Waals surface area contributed by atoms with Gasteiger partial charge >= 0.3 is 0 Å². The summed E-state index contributed by atoms with van der Waals surface area (Å²) in [6, 6.07) is 10.6. The average molecular weight is 369 g/mol. The summed E-state index contributed by atoms with van der Waals surface area (Å²) in [5.41, 5.74) is 3.87. The van der Waals surface area contributed by atoms with Crippen molar-refractivity contribution in [3.8, 4) is 0 Å². The monoisotopic (exact) mass is 368 g/mol. The molecule has 0 N–H and O–H groups in total. The van der Waals surface area contributed by atoms with Crippen LogP contribution in [0.5, 0.6) is 0 Å². The van der Waals surface area contributed by atoms with Gasteiger partial charge in [0.25, 0.3) is 0 Å². The van der Waals surface area contributed by atoms with Crippen LogP contribution in [0.15, 0.2) is 35.7 Å². The van der Waals surface area contributed by atoms with Crippen molar-refractivity contribution in [2.24, 2.45) is 0 Å². The maximum Gasteiger partial charge on any atom is 0.223 e. The van der Waals surface area contributed by atoms with E-state index in [0.717, 1.165) is 25.8 Å². The number of carbonyl (C=O) groups excluding carboxylic acids is 2. The summed E-state index contributed by atoms with van der Waals surface area (Å²) < 4.78 is 0. The number of benzene rings is 1. The molecule has 2 amide bonds. The molecule has 1 aliphatic carbocycles. The highest BCUT2D eigenvalue weighted by molar-refractivity contribution is 7.10. The fraction of sp³-hybridized carbons (Fsp3) is 0.429.